The van der Waals surface area contributed by atoms with Crippen molar-refractivity contribution in [3.8, 4) is 0 Å². The van der Waals surface area contributed by atoms with E-state index in [9.17, 15) is 0 Å². The van der Waals surface area contributed by atoms with Crippen molar-refractivity contribution < 1.29 is 0 Å². The van der Waals surface area contributed by atoms with Gasteiger partial charge in [-0.1, -0.05) is 67.0 Å². The Bertz CT molecular complexity index is 563. The highest BCUT2D eigenvalue weighted by atomic mass is 79.9. The van der Waals surface area contributed by atoms with Crippen molar-refractivity contribution in [3.63, 3.8) is 0 Å². The Morgan fingerprint density at radius 3 is 2.38 bits per heavy atom. The van der Waals surface area contributed by atoms with Gasteiger partial charge in [-0.2, -0.15) is 0 Å². The fourth-order valence-corrected chi connectivity index (χ4v) is 3.03. The number of halogens is 1. The lowest BCUT2D eigenvalue weighted by Crippen LogP contribution is -2.14. The quantitative estimate of drug-likeness (QED) is 0.655. The van der Waals surface area contributed by atoms with Gasteiger partial charge >= 0.3 is 0 Å². The van der Waals surface area contributed by atoms with Crippen molar-refractivity contribution in [1.29, 1.82) is 0 Å². The second kappa shape index (κ2) is 7.65. The minimum atomic E-state index is 0.359. The summed E-state index contributed by atoms with van der Waals surface area (Å²) in [6.45, 7) is 6.76. The van der Waals surface area contributed by atoms with Crippen LogP contribution in [0.4, 0.5) is 5.69 Å². The number of benzene rings is 2. The first kappa shape index (κ1) is 16.1. The van der Waals surface area contributed by atoms with Crippen molar-refractivity contribution in [2.75, 3.05) is 5.32 Å². The number of anilines is 1. The Hall–Kier alpha value is -1.28. The molecule has 2 heteroatoms. The van der Waals surface area contributed by atoms with Gasteiger partial charge in [-0.15, -0.1) is 0 Å². The van der Waals surface area contributed by atoms with Crippen LogP contribution in [0.5, 0.6) is 0 Å². The van der Waals surface area contributed by atoms with E-state index in [0.29, 0.717) is 12.0 Å². The minimum absolute atomic E-state index is 0.359. The van der Waals surface area contributed by atoms with Crippen LogP contribution in [0.2, 0.25) is 0 Å². The molecular formula is C19H24BrN. The van der Waals surface area contributed by atoms with Gasteiger partial charge in [0.25, 0.3) is 0 Å². The Labute approximate surface area is 136 Å². The number of hydrogen-bond donors (Lipinski definition) is 1. The molecule has 0 aliphatic rings. The molecule has 0 heterocycles. The minimum Gasteiger partial charge on any atom is -0.378 e. The van der Waals surface area contributed by atoms with Crippen LogP contribution < -0.4 is 5.32 Å². The molecule has 0 bridgehead atoms. The molecule has 112 valence electrons. The van der Waals surface area contributed by atoms with Crippen LogP contribution in [0.25, 0.3) is 0 Å². The van der Waals surface area contributed by atoms with Gasteiger partial charge in [-0.3, -0.25) is 0 Å². The van der Waals surface area contributed by atoms with Crippen LogP contribution in [0.15, 0.2) is 53.0 Å². The molecule has 0 radical (unpaired) electrons. The summed E-state index contributed by atoms with van der Waals surface area (Å²) in [5.41, 5.74) is 3.96. The number of aryl methyl sites for hydroxylation is 1. The highest BCUT2D eigenvalue weighted by molar-refractivity contribution is 9.10. The van der Waals surface area contributed by atoms with Crippen LogP contribution in [0.1, 0.15) is 44.4 Å². The highest BCUT2D eigenvalue weighted by Crippen LogP contribution is 2.29. The molecule has 0 saturated carbocycles. The first-order chi connectivity index (χ1) is 10.1. The molecule has 2 rings (SSSR count). The van der Waals surface area contributed by atoms with E-state index in [1.807, 2.05) is 0 Å². The molecule has 1 N–H and O–H groups in total. The normalized spacial score (nSPS) is 12.4. The van der Waals surface area contributed by atoms with Gasteiger partial charge in [0.05, 0.1) is 6.04 Å². The molecule has 0 fully saturated rings. The van der Waals surface area contributed by atoms with Gasteiger partial charge in [0.15, 0.2) is 0 Å². The summed E-state index contributed by atoms with van der Waals surface area (Å²) >= 11 is 3.56. The third-order valence-corrected chi connectivity index (χ3v) is 4.18. The topological polar surface area (TPSA) is 12.0 Å². The summed E-state index contributed by atoms with van der Waals surface area (Å²) in [5, 5.41) is 3.75. The lowest BCUT2D eigenvalue weighted by molar-refractivity contribution is 0.530. The maximum atomic E-state index is 3.75. The number of hydrogen-bond acceptors (Lipinski definition) is 1. The average Bonchev–Trinajstić information content (AvgIpc) is 2.48. The summed E-state index contributed by atoms with van der Waals surface area (Å²) in [5.74, 6) is 0.656. The summed E-state index contributed by atoms with van der Waals surface area (Å²) in [7, 11) is 0. The highest BCUT2D eigenvalue weighted by Gasteiger charge is 2.14. The second-order valence-electron chi connectivity index (χ2n) is 5.89. The predicted octanol–water partition coefficient (Wildman–Crippen LogP) is 6.21. The van der Waals surface area contributed by atoms with E-state index in [4.69, 9.17) is 0 Å². The van der Waals surface area contributed by atoms with E-state index in [1.54, 1.807) is 0 Å². The Morgan fingerprint density at radius 2 is 1.76 bits per heavy atom. The molecule has 1 unspecified atom stereocenters. The fraction of sp³-hybridized carbons (Fsp3) is 0.368. The Balaban J connectivity index is 2.27. The van der Waals surface area contributed by atoms with Crippen molar-refractivity contribution >= 4 is 21.6 Å². The van der Waals surface area contributed by atoms with Gasteiger partial charge in [0.1, 0.15) is 0 Å². The average molecular weight is 346 g/mol. The predicted molar refractivity (Wildman–Crippen MR) is 95.8 cm³/mol. The van der Waals surface area contributed by atoms with E-state index < -0.39 is 0 Å². The van der Waals surface area contributed by atoms with Crippen LogP contribution in [-0.4, -0.2) is 0 Å². The third-order valence-electron chi connectivity index (χ3n) is 3.69. The molecule has 0 spiro atoms. The van der Waals surface area contributed by atoms with Gasteiger partial charge in [0, 0.05) is 10.2 Å². The van der Waals surface area contributed by atoms with Gasteiger partial charge < -0.3 is 5.32 Å². The standard InChI is InChI=1S/C19H24BrN/c1-4-15-13-17(20)10-11-18(15)21-19(12-14(2)3)16-8-6-5-7-9-16/h5-11,13-14,19,21H,4,12H2,1-3H3. The summed E-state index contributed by atoms with van der Waals surface area (Å²) in [6.07, 6.45) is 2.16. The molecule has 0 aliphatic carbocycles. The SMILES string of the molecule is CCc1cc(Br)ccc1NC(CC(C)C)c1ccccc1. The number of nitrogens with one attached hydrogen (secondary N) is 1. The van der Waals surface area contributed by atoms with Crippen molar-refractivity contribution in [1.82, 2.24) is 0 Å². The molecule has 21 heavy (non-hydrogen) atoms. The molecule has 0 aliphatic heterocycles. The van der Waals surface area contributed by atoms with Crippen LogP contribution in [-0.2, 0) is 6.42 Å². The molecule has 0 aromatic heterocycles. The smallest absolute Gasteiger partial charge is 0.0516 e. The molecule has 0 saturated heterocycles. The maximum absolute atomic E-state index is 3.75. The van der Waals surface area contributed by atoms with Crippen LogP contribution in [0.3, 0.4) is 0 Å². The maximum Gasteiger partial charge on any atom is 0.0516 e. The summed E-state index contributed by atoms with van der Waals surface area (Å²) in [4.78, 5) is 0. The summed E-state index contributed by atoms with van der Waals surface area (Å²) in [6, 6.07) is 17.6. The lowest BCUT2D eigenvalue weighted by Gasteiger charge is -2.24. The van der Waals surface area contributed by atoms with Gasteiger partial charge in [-0.05, 0) is 48.1 Å². The largest absolute Gasteiger partial charge is 0.378 e. The molecule has 2 aromatic rings. The molecule has 2 aromatic carbocycles. The Morgan fingerprint density at radius 1 is 1.05 bits per heavy atom. The zero-order chi connectivity index (χ0) is 15.2. The van der Waals surface area contributed by atoms with E-state index in [0.717, 1.165) is 17.3 Å². The van der Waals surface area contributed by atoms with Crippen LogP contribution in [0, 0.1) is 5.92 Å². The fourth-order valence-electron chi connectivity index (χ4n) is 2.62. The first-order valence-corrected chi connectivity index (χ1v) is 8.49. The third kappa shape index (κ3) is 4.60. The lowest BCUT2D eigenvalue weighted by atomic mass is 9.96. The van der Waals surface area contributed by atoms with Crippen LogP contribution >= 0.6 is 15.9 Å². The molecule has 1 atom stereocenters. The monoisotopic (exact) mass is 345 g/mol. The first-order valence-electron chi connectivity index (χ1n) is 7.70. The Kier molecular flexibility index (Phi) is 5.86. The molecule has 1 nitrogen and oxygen atoms in total. The second-order valence-corrected chi connectivity index (χ2v) is 6.81. The van der Waals surface area contributed by atoms with Crippen molar-refractivity contribution in [2.24, 2.45) is 5.92 Å². The van der Waals surface area contributed by atoms with E-state index in [2.05, 4.69) is 90.5 Å². The molecule has 0 amide bonds. The number of rotatable bonds is 6. The summed E-state index contributed by atoms with van der Waals surface area (Å²) < 4.78 is 1.14. The van der Waals surface area contributed by atoms with Crippen molar-refractivity contribution in [2.45, 2.75) is 39.7 Å². The van der Waals surface area contributed by atoms with E-state index in [-0.39, 0.29) is 0 Å². The van der Waals surface area contributed by atoms with E-state index >= 15 is 0 Å². The zero-order valence-electron chi connectivity index (χ0n) is 13.1. The van der Waals surface area contributed by atoms with Gasteiger partial charge in [-0.25, -0.2) is 0 Å². The van der Waals surface area contributed by atoms with Gasteiger partial charge in [0.2, 0.25) is 0 Å². The molecular weight excluding hydrogens is 322 g/mol. The zero-order valence-corrected chi connectivity index (χ0v) is 14.7. The van der Waals surface area contributed by atoms with E-state index in [1.165, 1.54) is 16.8 Å². The van der Waals surface area contributed by atoms with Crippen molar-refractivity contribution in [3.05, 3.63) is 64.1 Å².